The summed E-state index contributed by atoms with van der Waals surface area (Å²) >= 11 is 1.29. The van der Waals surface area contributed by atoms with Gasteiger partial charge in [-0.15, -0.1) is 5.10 Å². The smallest absolute Gasteiger partial charge is 0.343 e. The second-order valence-corrected chi connectivity index (χ2v) is 4.81. The standard InChI is InChI=1S/C14H10N2O3S/c1-18-10-3-5-11(6-4-10)19-14(17)9-2-7-13-12(8-9)15-16-20-13/h2-8H,1H3. The van der Waals surface area contributed by atoms with Gasteiger partial charge in [0.2, 0.25) is 0 Å². The highest BCUT2D eigenvalue weighted by molar-refractivity contribution is 7.12. The van der Waals surface area contributed by atoms with Gasteiger partial charge in [-0.2, -0.15) is 0 Å². The molecule has 0 atom stereocenters. The number of nitrogens with zero attached hydrogens (tertiary/aromatic N) is 2. The molecule has 5 nitrogen and oxygen atoms in total. The first-order valence-electron chi connectivity index (χ1n) is 5.84. The van der Waals surface area contributed by atoms with Gasteiger partial charge >= 0.3 is 5.97 Å². The number of aromatic nitrogens is 2. The highest BCUT2D eigenvalue weighted by atomic mass is 32.1. The van der Waals surface area contributed by atoms with Crippen molar-refractivity contribution < 1.29 is 14.3 Å². The summed E-state index contributed by atoms with van der Waals surface area (Å²) < 4.78 is 15.1. The second kappa shape index (κ2) is 5.26. The first kappa shape index (κ1) is 12.6. The zero-order valence-corrected chi connectivity index (χ0v) is 11.4. The van der Waals surface area contributed by atoms with Crippen molar-refractivity contribution in [3.8, 4) is 11.5 Å². The number of fused-ring (bicyclic) bond motifs is 1. The molecule has 0 saturated carbocycles. The molecule has 0 bridgehead atoms. The number of hydrogen-bond acceptors (Lipinski definition) is 6. The van der Waals surface area contributed by atoms with Crippen LogP contribution in [0.2, 0.25) is 0 Å². The van der Waals surface area contributed by atoms with E-state index in [-0.39, 0.29) is 0 Å². The monoisotopic (exact) mass is 286 g/mol. The molecule has 0 aliphatic heterocycles. The van der Waals surface area contributed by atoms with Crippen LogP contribution < -0.4 is 9.47 Å². The Kier molecular flexibility index (Phi) is 3.30. The van der Waals surface area contributed by atoms with E-state index in [9.17, 15) is 4.79 Å². The number of hydrogen-bond donors (Lipinski definition) is 0. The molecule has 2 aromatic carbocycles. The van der Waals surface area contributed by atoms with E-state index in [1.807, 2.05) is 6.07 Å². The van der Waals surface area contributed by atoms with Crippen LogP contribution in [0.25, 0.3) is 10.2 Å². The lowest BCUT2D eigenvalue weighted by Gasteiger charge is -2.05. The molecule has 0 amide bonds. The zero-order valence-electron chi connectivity index (χ0n) is 10.6. The second-order valence-electron chi connectivity index (χ2n) is 4.02. The van der Waals surface area contributed by atoms with Gasteiger partial charge in [0.1, 0.15) is 17.0 Å². The molecule has 0 N–H and O–H groups in total. The van der Waals surface area contributed by atoms with Gasteiger partial charge in [0.25, 0.3) is 0 Å². The van der Waals surface area contributed by atoms with E-state index in [4.69, 9.17) is 9.47 Å². The van der Waals surface area contributed by atoms with Crippen LogP contribution in [0.3, 0.4) is 0 Å². The van der Waals surface area contributed by atoms with Crippen LogP contribution in [-0.4, -0.2) is 22.7 Å². The molecule has 20 heavy (non-hydrogen) atoms. The lowest BCUT2D eigenvalue weighted by molar-refractivity contribution is 0.0735. The van der Waals surface area contributed by atoms with Crippen molar-refractivity contribution in [1.82, 2.24) is 9.59 Å². The number of carbonyl (C=O) groups is 1. The average molecular weight is 286 g/mol. The Labute approximate surface area is 118 Å². The van der Waals surface area contributed by atoms with Crippen LogP contribution in [0.15, 0.2) is 42.5 Å². The van der Waals surface area contributed by atoms with Crippen LogP contribution in [0.1, 0.15) is 10.4 Å². The Morgan fingerprint density at radius 3 is 2.60 bits per heavy atom. The Bertz CT molecular complexity index is 752. The van der Waals surface area contributed by atoms with Gasteiger partial charge in [0, 0.05) is 0 Å². The molecule has 3 aromatic rings. The molecule has 1 aromatic heterocycles. The molecule has 0 fully saturated rings. The maximum absolute atomic E-state index is 12.0. The van der Waals surface area contributed by atoms with E-state index in [1.54, 1.807) is 43.5 Å². The molecule has 0 aliphatic rings. The van der Waals surface area contributed by atoms with Crippen molar-refractivity contribution in [1.29, 1.82) is 0 Å². The fourth-order valence-electron chi connectivity index (χ4n) is 1.72. The van der Waals surface area contributed by atoms with Crippen molar-refractivity contribution in [2.75, 3.05) is 7.11 Å². The molecule has 0 radical (unpaired) electrons. The van der Waals surface area contributed by atoms with Crippen molar-refractivity contribution in [2.45, 2.75) is 0 Å². The van der Waals surface area contributed by atoms with Gasteiger partial charge in [0.15, 0.2) is 0 Å². The molecule has 0 spiro atoms. The third-order valence-electron chi connectivity index (χ3n) is 2.75. The van der Waals surface area contributed by atoms with Crippen LogP contribution in [0.5, 0.6) is 11.5 Å². The van der Waals surface area contributed by atoms with Gasteiger partial charge in [-0.25, -0.2) is 4.79 Å². The van der Waals surface area contributed by atoms with Crippen molar-refractivity contribution in [3.63, 3.8) is 0 Å². The fraction of sp³-hybridized carbons (Fsp3) is 0.0714. The van der Waals surface area contributed by atoms with Crippen LogP contribution in [0, 0.1) is 0 Å². The van der Waals surface area contributed by atoms with E-state index in [0.29, 0.717) is 22.6 Å². The van der Waals surface area contributed by atoms with E-state index < -0.39 is 5.97 Å². The Hall–Kier alpha value is -2.47. The fourth-order valence-corrected chi connectivity index (χ4v) is 2.26. The summed E-state index contributed by atoms with van der Waals surface area (Å²) in [6.45, 7) is 0. The molecular formula is C14H10N2O3S. The van der Waals surface area contributed by atoms with Gasteiger partial charge in [-0.05, 0) is 54.0 Å². The molecule has 100 valence electrons. The van der Waals surface area contributed by atoms with Crippen LogP contribution in [-0.2, 0) is 0 Å². The summed E-state index contributed by atoms with van der Waals surface area (Å²) in [6.07, 6.45) is 0. The minimum Gasteiger partial charge on any atom is -0.497 e. The van der Waals surface area contributed by atoms with E-state index >= 15 is 0 Å². The largest absolute Gasteiger partial charge is 0.497 e. The van der Waals surface area contributed by atoms with Gasteiger partial charge in [-0.1, -0.05) is 4.49 Å². The summed E-state index contributed by atoms with van der Waals surface area (Å²) in [5, 5.41) is 3.94. The summed E-state index contributed by atoms with van der Waals surface area (Å²) in [7, 11) is 1.58. The molecular weight excluding hydrogens is 276 g/mol. The van der Waals surface area contributed by atoms with Crippen LogP contribution >= 0.6 is 11.5 Å². The number of carbonyl (C=O) groups excluding carboxylic acids is 1. The average Bonchev–Trinajstić information content (AvgIpc) is 2.95. The summed E-state index contributed by atoms with van der Waals surface area (Å²) in [6, 6.07) is 12.0. The maximum Gasteiger partial charge on any atom is 0.343 e. The van der Waals surface area contributed by atoms with Crippen molar-refractivity contribution >= 4 is 27.7 Å². The summed E-state index contributed by atoms with van der Waals surface area (Å²) in [4.78, 5) is 12.0. The SMILES string of the molecule is COc1ccc(OC(=O)c2ccc3snnc3c2)cc1. The maximum atomic E-state index is 12.0. The lowest BCUT2D eigenvalue weighted by atomic mass is 10.2. The van der Waals surface area contributed by atoms with Gasteiger partial charge in [-0.3, -0.25) is 0 Å². The summed E-state index contributed by atoms with van der Waals surface area (Å²) in [5.74, 6) is 0.747. The molecule has 0 saturated heterocycles. The van der Waals surface area contributed by atoms with Gasteiger partial charge < -0.3 is 9.47 Å². The highest BCUT2D eigenvalue weighted by Gasteiger charge is 2.10. The number of esters is 1. The lowest BCUT2D eigenvalue weighted by Crippen LogP contribution is -2.08. The third kappa shape index (κ3) is 2.46. The van der Waals surface area contributed by atoms with E-state index in [2.05, 4.69) is 9.59 Å². The third-order valence-corrected chi connectivity index (χ3v) is 3.46. The highest BCUT2D eigenvalue weighted by Crippen LogP contribution is 2.20. The molecule has 0 aliphatic carbocycles. The molecule has 1 heterocycles. The van der Waals surface area contributed by atoms with Crippen LogP contribution in [0.4, 0.5) is 0 Å². The number of rotatable bonds is 3. The van der Waals surface area contributed by atoms with Gasteiger partial charge in [0.05, 0.1) is 17.4 Å². The quantitative estimate of drug-likeness (QED) is 0.547. The number of benzene rings is 2. The molecule has 3 rings (SSSR count). The zero-order chi connectivity index (χ0) is 13.9. The number of methoxy groups -OCH3 is 1. The normalized spacial score (nSPS) is 10.4. The predicted octanol–water partition coefficient (Wildman–Crippen LogP) is 2.92. The Balaban J connectivity index is 1.80. The van der Waals surface area contributed by atoms with Crippen molar-refractivity contribution in [3.05, 3.63) is 48.0 Å². The first-order valence-corrected chi connectivity index (χ1v) is 6.62. The number of ether oxygens (including phenoxy) is 2. The Morgan fingerprint density at radius 2 is 1.85 bits per heavy atom. The molecule has 0 unspecified atom stereocenters. The minimum atomic E-state index is -0.426. The Morgan fingerprint density at radius 1 is 1.10 bits per heavy atom. The minimum absolute atomic E-state index is 0.426. The summed E-state index contributed by atoms with van der Waals surface area (Å²) in [5.41, 5.74) is 1.14. The first-order chi connectivity index (χ1) is 9.76. The van der Waals surface area contributed by atoms with E-state index in [0.717, 1.165) is 4.70 Å². The van der Waals surface area contributed by atoms with E-state index in [1.165, 1.54) is 11.5 Å². The molecule has 6 heteroatoms. The topological polar surface area (TPSA) is 61.3 Å². The van der Waals surface area contributed by atoms with Crippen molar-refractivity contribution in [2.24, 2.45) is 0 Å². The predicted molar refractivity (Wildman–Crippen MR) is 75.4 cm³/mol.